The van der Waals surface area contributed by atoms with E-state index in [1.807, 2.05) is 6.92 Å². The predicted octanol–water partition coefficient (Wildman–Crippen LogP) is 3.15. The van der Waals surface area contributed by atoms with Crippen molar-refractivity contribution in [3.05, 3.63) is 64.7 Å². The van der Waals surface area contributed by atoms with Crippen molar-refractivity contribution in [1.82, 2.24) is 4.31 Å². The standard InChI is InChI=1S/C16H16ClNO3S/c1-12-3-9-15(10-4-12)22(20,21)18(2)11-16(19)13-5-7-14(17)8-6-13/h3-10H,11H2,1-2H3. The summed E-state index contributed by atoms with van der Waals surface area (Å²) in [5.74, 6) is -0.283. The van der Waals surface area contributed by atoms with Gasteiger partial charge in [-0.1, -0.05) is 29.3 Å². The Morgan fingerprint density at radius 3 is 2.14 bits per heavy atom. The Morgan fingerprint density at radius 2 is 1.59 bits per heavy atom. The van der Waals surface area contributed by atoms with Gasteiger partial charge in [0.25, 0.3) is 0 Å². The fourth-order valence-electron chi connectivity index (χ4n) is 1.90. The summed E-state index contributed by atoms with van der Waals surface area (Å²) in [6.45, 7) is 1.65. The summed E-state index contributed by atoms with van der Waals surface area (Å²) in [4.78, 5) is 12.3. The molecule has 4 nitrogen and oxygen atoms in total. The van der Waals surface area contributed by atoms with E-state index in [9.17, 15) is 13.2 Å². The van der Waals surface area contributed by atoms with Crippen LogP contribution in [0.25, 0.3) is 0 Å². The van der Waals surface area contributed by atoms with Crippen molar-refractivity contribution in [2.75, 3.05) is 13.6 Å². The van der Waals surface area contributed by atoms with Crippen molar-refractivity contribution in [2.45, 2.75) is 11.8 Å². The molecule has 0 radical (unpaired) electrons. The normalized spacial score (nSPS) is 11.6. The first kappa shape index (κ1) is 16.7. The molecule has 0 heterocycles. The maximum Gasteiger partial charge on any atom is 0.243 e. The van der Waals surface area contributed by atoms with E-state index in [0.29, 0.717) is 10.6 Å². The lowest BCUT2D eigenvalue weighted by Gasteiger charge is -2.16. The molecule has 0 aromatic heterocycles. The number of hydrogen-bond donors (Lipinski definition) is 0. The molecule has 0 unspecified atom stereocenters. The zero-order valence-corrected chi connectivity index (χ0v) is 13.9. The van der Waals surface area contributed by atoms with E-state index in [1.165, 1.54) is 19.2 Å². The highest BCUT2D eigenvalue weighted by Gasteiger charge is 2.23. The molecule has 0 N–H and O–H groups in total. The van der Waals surface area contributed by atoms with E-state index in [0.717, 1.165) is 9.87 Å². The fraction of sp³-hybridized carbons (Fsp3) is 0.188. The molecule has 0 aliphatic rings. The molecule has 0 fully saturated rings. The third kappa shape index (κ3) is 3.74. The van der Waals surface area contributed by atoms with Crippen LogP contribution in [0.4, 0.5) is 0 Å². The first-order valence-electron chi connectivity index (χ1n) is 6.62. The zero-order valence-electron chi connectivity index (χ0n) is 12.3. The SMILES string of the molecule is Cc1ccc(S(=O)(=O)N(C)CC(=O)c2ccc(Cl)cc2)cc1. The van der Waals surface area contributed by atoms with Crippen LogP contribution in [0.2, 0.25) is 5.02 Å². The number of aryl methyl sites for hydroxylation is 1. The van der Waals surface area contributed by atoms with Crippen LogP contribution in [0.1, 0.15) is 15.9 Å². The van der Waals surface area contributed by atoms with Crippen molar-refractivity contribution in [3.63, 3.8) is 0 Å². The van der Waals surface area contributed by atoms with Crippen LogP contribution in [-0.4, -0.2) is 32.1 Å². The number of carbonyl (C=O) groups excluding carboxylic acids is 1. The lowest BCUT2D eigenvalue weighted by molar-refractivity contribution is 0.0973. The predicted molar refractivity (Wildman–Crippen MR) is 86.8 cm³/mol. The molecule has 0 saturated heterocycles. The Balaban J connectivity index is 2.17. The highest BCUT2D eigenvalue weighted by atomic mass is 35.5. The number of sulfonamides is 1. The van der Waals surface area contributed by atoms with E-state index in [-0.39, 0.29) is 17.2 Å². The second-order valence-electron chi connectivity index (χ2n) is 5.00. The van der Waals surface area contributed by atoms with Gasteiger partial charge in [-0.05, 0) is 43.3 Å². The Bertz CT molecular complexity index is 768. The smallest absolute Gasteiger partial charge is 0.243 e. The van der Waals surface area contributed by atoms with Gasteiger partial charge in [0.05, 0.1) is 11.4 Å². The monoisotopic (exact) mass is 337 g/mol. The fourth-order valence-corrected chi connectivity index (χ4v) is 3.16. The van der Waals surface area contributed by atoms with Gasteiger partial charge < -0.3 is 0 Å². The van der Waals surface area contributed by atoms with E-state index in [4.69, 9.17) is 11.6 Å². The number of carbonyl (C=O) groups is 1. The summed E-state index contributed by atoms with van der Waals surface area (Å²) in [6.07, 6.45) is 0. The molecular formula is C16H16ClNO3S. The summed E-state index contributed by atoms with van der Waals surface area (Å²) < 4.78 is 25.9. The van der Waals surface area contributed by atoms with E-state index < -0.39 is 10.0 Å². The van der Waals surface area contributed by atoms with Crippen LogP contribution >= 0.6 is 11.6 Å². The molecule has 0 amide bonds. The molecule has 2 aromatic rings. The molecule has 2 aromatic carbocycles. The first-order chi connectivity index (χ1) is 10.3. The van der Waals surface area contributed by atoms with Crippen LogP contribution in [0.5, 0.6) is 0 Å². The van der Waals surface area contributed by atoms with E-state index in [2.05, 4.69) is 0 Å². The second kappa shape index (κ2) is 6.60. The van der Waals surface area contributed by atoms with Gasteiger partial charge in [0.15, 0.2) is 5.78 Å². The molecular weight excluding hydrogens is 322 g/mol. The van der Waals surface area contributed by atoms with Gasteiger partial charge in [0, 0.05) is 17.6 Å². The maximum atomic E-state index is 12.4. The third-order valence-corrected chi connectivity index (χ3v) is 5.33. The number of Topliss-reactive ketones (excluding diaryl/α,β-unsaturated/α-hetero) is 1. The summed E-state index contributed by atoms with van der Waals surface area (Å²) in [7, 11) is -2.29. The Kier molecular flexibility index (Phi) is 5.01. The van der Waals surface area contributed by atoms with Crippen molar-refractivity contribution in [3.8, 4) is 0 Å². The summed E-state index contributed by atoms with van der Waals surface area (Å²) in [5, 5.41) is 0.525. The molecule has 0 saturated carbocycles. The van der Waals surface area contributed by atoms with Gasteiger partial charge in [0.1, 0.15) is 0 Å². The zero-order chi connectivity index (χ0) is 16.3. The first-order valence-corrected chi connectivity index (χ1v) is 8.44. The molecule has 0 bridgehead atoms. The van der Waals surface area contributed by atoms with Crippen molar-refractivity contribution < 1.29 is 13.2 Å². The van der Waals surface area contributed by atoms with Crippen molar-refractivity contribution in [2.24, 2.45) is 0 Å². The van der Waals surface area contributed by atoms with Gasteiger partial charge in [-0.15, -0.1) is 0 Å². The van der Waals surface area contributed by atoms with Gasteiger partial charge in [-0.25, -0.2) is 8.42 Å². The number of hydrogen-bond acceptors (Lipinski definition) is 3. The highest BCUT2D eigenvalue weighted by molar-refractivity contribution is 7.89. The minimum atomic E-state index is -3.68. The lowest BCUT2D eigenvalue weighted by Crippen LogP contribution is -2.32. The Morgan fingerprint density at radius 1 is 1.05 bits per heavy atom. The lowest BCUT2D eigenvalue weighted by atomic mass is 10.1. The number of rotatable bonds is 5. The van der Waals surface area contributed by atoms with Crippen LogP contribution in [0.15, 0.2) is 53.4 Å². The van der Waals surface area contributed by atoms with Crippen LogP contribution in [0, 0.1) is 6.92 Å². The topological polar surface area (TPSA) is 54.5 Å². The number of nitrogens with zero attached hydrogens (tertiary/aromatic N) is 1. The summed E-state index contributed by atoms with van der Waals surface area (Å²) in [6, 6.07) is 12.9. The molecule has 116 valence electrons. The van der Waals surface area contributed by atoms with Crippen LogP contribution in [0.3, 0.4) is 0 Å². The third-order valence-electron chi connectivity index (χ3n) is 3.26. The Hall–Kier alpha value is -1.69. The quantitative estimate of drug-likeness (QED) is 0.787. The average molecular weight is 338 g/mol. The largest absolute Gasteiger partial charge is 0.293 e. The molecule has 0 spiro atoms. The molecule has 0 aliphatic carbocycles. The number of benzene rings is 2. The van der Waals surface area contributed by atoms with E-state index in [1.54, 1.807) is 36.4 Å². The van der Waals surface area contributed by atoms with Crippen LogP contribution < -0.4 is 0 Å². The number of ketones is 1. The van der Waals surface area contributed by atoms with Gasteiger partial charge >= 0.3 is 0 Å². The molecule has 6 heteroatoms. The molecule has 0 atom stereocenters. The highest BCUT2D eigenvalue weighted by Crippen LogP contribution is 2.16. The van der Waals surface area contributed by atoms with Crippen LogP contribution in [-0.2, 0) is 10.0 Å². The summed E-state index contributed by atoms with van der Waals surface area (Å²) >= 11 is 5.77. The molecule has 0 aliphatic heterocycles. The van der Waals surface area contributed by atoms with Gasteiger partial charge in [-0.2, -0.15) is 4.31 Å². The Labute approximate surface area is 135 Å². The minimum Gasteiger partial charge on any atom is -0.293 e. The van der Waals surface area contributed by atoms with E-state index >= 15 is 0 Å². The average Bonchev–Trinajstić information content (AvgIpc) is 2.48. The second-order valence-corrected chi connectivity index (χ2v) is 7.49. The maximum absolute atomic E-state index is 12.4. The number of halogens is 1. The van der Waals surface area contributed by atoms with Gasteiger partial charge in [-0.3, -0.25) is 4.79 Å². The van der Waals surface area contributed by atoms with Crippen molar-refractivity contribution >= 4 is 27.4 Å². The van der Waals surface area contributed by atoms with Gasteiger partial charge in [0.2, 0.25) is 10.0 Å². The molecule has 22 heavy (non-hydrogen) atoms. The summed E-state index contributed by atoms with van der Waals surface area (Å²) in [5.41, 5.74) is 1.40. The minimum absolute atomic E-state index is 0.171. The number of likely N-dealkylation sites (N-methyl/N-ethyl adjacent to an activating group) is 1. The molecule has 2 rings (SSSR count). The van der Waals surface area contributed by atoms with Crippen molar-refractivity contribution in [1.29, 1.82) is 0 Å².